The molecule has 0 radical (unpaired) electrons. The Labute approximate surface area is 132 Å². The number of hydrogen-bond donors (Lipinski definition) is 0. The Balaban J connectivity index is 0.00000180. The third kappa shape index (κ3) is 3.00. The van der Waals surface area contributed by atoms with Gasteiger partial charge in [0.2, 0.25) is 0 Å². The molecule has 1 heterocycles. The third-order valence-electron chi connectivity index (χ3n) is 2.70. The van der Waals surface area contributed by atoms with Crippen LogP contribution in [0.2, 0.25) is 0 Å². The van der Waals surface area contributed by atoms with Crippen LogP contribution in [0.25, 0.3) is 10.9 Å². The number of pyridine rings is 1. The van der Waals surface area contributed by atoms with Gasteiger partial charge in [-0.1, -0.05) is 0 Å². The van der Waals surface area contributed by atoms with E-state index >= 15 is 0 Å². The van der Waals surface area contributed by atoms with Crippen LogP contribution in [0.3, 0.4) is 0 Å². The van der Waals surface area contributed by atoms with Crippen LogP contribution >= 0.6 is 0 Å². The molecule has 19 heavy (non-hydrogen) atoms. The number of aromatic nitrogens is 1. The average molecular weight is 269 g/mol. The van der Waals surface area contributed by atoms with Gasteiger partial charge in [-0.15, -0.1) is 0 Å². The minimum atomic E-state index is -1.33. The Morgan fingerprint density at radius 2 is 1.89 bits per heavy atom. The van der Waals surface area contributed by atoms with Crippen molar-refractivity contribution >= 4 is 16.9 Å². The maximum Gasteiger partial charge on any atom is 1.00 e. The molecular formula is C13H12NNaO4. The van der Waals surface area contributed by atoms with Crippen molar-refractivity contribution in [1.29, 1.82) is 0 Å². The first-order valence-corrected chi connectivity index (χ1v) is 5.31. The fraction of sp³-hybridized carbons (Fsp3) is 0.231. The van der Waals surface area contributed by atoms with E-state index in [2.05, 4.69) is 4.98 Å². The Bertz CT molecular complexity index is 628. The molecule has 6 heteroatoms. The number of aromatic carboxylic acids is 1. The Hall–Kier alpha value is -1.30. The molecule has 0 amide bonds. The van der Waals surface area contributed by atoms with Crippen molar-refractivity contribution in [3.63, 3.8) is 0 Å². The Morgan fingerprint density at radius 3 is 2.42 bits per heavy atom. The predicted octanol–water partition coefficient (Wildman–Crippen LogP) is -2.07. The van der Waals surface area contributed by atoms with E-state index in [-0.39, 0.29) is 35.3 Å². The minimum absolute atomic E-state index is 0. The summed E-state index contributed by atoms with van der Waals surface area (Å²) in [5.41, 5.74) is 1.23. The van der Waals surface area contributed by atoms with Crippen molar-refractivity contribution in [2.24, 2.45) is 0 Å². The number of aryl methyl sites for hydroxylation is 1. The van der Waals surface area contributed by atoms with Crippen LogP contribution in [0.15, 0.2) is 18.2 Å². The van der Waals surface area contributed by atoms with Crippen molar-refractivity contribution in [3.8, 4) is 11.5 Å². The molecule has 0 spiro atoms. The first kappa shape index (κ1) is 15.8. The molecule has 2 rings (SSSR count). The van der Waals surface area contributed by atoms with Crippen molar-refractivity contribution < 1.29 is 48.9 Å². The summed E-state index contributed by atoms with van der Waals surface area (Å²) in [4.78, 5) is 15.0. The summed E-state index contributed by atoms with van der Waals surface area (Å²) in [5, 5.41) is 11.6. The fourth-order valence-corrected chi connectivity index (χ4v) is 1.83. The number of carboxylic acid groups (broad SMARTS) is 1. The smallest absolute Gasteiger partial charge is 0.543 e. The molecule has 94 valence electrons. The number of carbonyl (C=O) groups excluding carboxylic acids is 1. The van der Waals surface area contributed by atoms with E-state index in [0.29, 0.717) is 22.4 Å². The van der Waals surface area contributed by atoms with Crippen molar-refractivity contribution in [1.82, 2.24) is 4.98 Å². The molecule has 1 aromatic heterocycles. The molecule has 1 aromatic carbocycles. The Morgan fingerprint density at radius 1 is 1.21 bits per heavy atom. The quantitative estimate of drug-likeness (QED) is 0.599. The topological polar surface area (TPSA) is 71.5 Å². The first-order chi connectivity index (χ1) is 8.56. The monoisotopic (exact) mass is 269 g/mol. The van der Waals surface area contributed by atoms with Crippen molar-refractivity contribution in [2.45, 2.75) is 6.92 Å². The zero-order valence-electron chi connectivity index (χ0n) is 11.3. The van der Waals surface area contributed by atoms with E-state index in [1.807, 2.05) is 6.92 Å². The van der Waals surface area contributed by atoms with Gasteiger partial charge in [0, 0.05) is 11.5 Å². The number of fused-ring (bicyclic) bond motifs is 1. The number of methoxy groups -OCH3 is 2. The zero-order valence-corrected chi connectivity index (χ0v) is 13.3. The predicted molar refractivity (Wildman–Crippen MR) is 63.9 cm³/mol. The SMILES string of the molecule is COc1cc(C)c2nc(C(=O)[O-])cc(OC)c2c1.[Na+]. The number of carboxylic acids is 1. The van der Waals surface area contributed by atoms with E-state index < -0.39 is 5.97 Å². The molecule has 0 aliphatic rings. The number of rotatable bonds is 3. The van der Waals surface area contributed by atoms with Crippen LogP contribution in [-0.2, 0) is 0 Å². The first-order valence-electron chi connectivity index (χ1n) is 5.31. The normalized spacial score (nSPS) is 9.84. The van der Waals surface area contributed by atoms with Crippen LogP contribution in [0, 0.1) is 6.92 Å². The Kier molecular flexibility index (Phi) is 5.17. The van der Waals surface area contributed by atoms with E-state index in [4.69, 9.17) is 9.47 Å². The van der Waals surface area contributed by atoms with Crippen molar-refractivity contribution in [3.05, 3.63) is 29.5 Å². The molecule has 0 aliphatic carbocycles. The molecule has 0 saturated carbocycles. The largest absolute Gasteiger partial charge is 1.00 e. The molecule has 0 fully saturated rings. The number of nitrogens with zero attached hydrogens (tertiary/aromatic N) is 1. The van der Waals surface area contributed by atoms with Gasteiger partial charge in [0.1, 0.15) is 11.5 Å². The fourth-order valence-electron chi connectivity index (χ4n) is 1.83. The second-order valence-corrected chi connectivity index (χ2v) is 3.84. The summed E-state index contributed by atoms with van der Waals surface area (Å²) in [6.45, 7) is 1.83. The summed E-state index contributed by atoms with van der Waals surface area (Å²) in [5.74, 6) is -0.229. The van der Waals surface area contributed by atoms with Crippen molar-refractivity contribution in [2.75, 3.05) is 14.2 Å². The van der Waals surface area contributed by atoms with Gasteiger partial charge in [-0.25, -0.2) is 4.98 Å². The third-order valence-corrected chi connectivity index (χ3v) is 2.70. The molecular weight excluding hydrogens is 257 g/mol. The summed E-state index contributed by atoms with van der Waals surface area (Å²) in [6.07, 6.45) is 0. The number of hydrogen-bond acceptors (Lipinski definition) is 5. The van der Waals surface area contributed by atoms with E-state index in [0.717, 1.165) is 5.56 Å². The van der Waals surface area contributed by atoms with Crippen LogP contribution in [0.4, 0.5) is 0 Å². The van der Waals surface area contributed by atoms with E-state index in [1.54, 1.807) is 19.2 Å². The maximum absolute atomic E-state index is 10.9. The molecule has 0 atom stereocenters. The van der Waals surface area contributed by atoms with Gasteiger partial charge in [-0.2, -0.15) is 0 Å². The van der Waals surface area contributed by atoms with Gasteiger partial charge in [0.05, 0.1) is 31.4 Å². The summed E-state index contributed by atoms with van der Waals surface area (Å²) < 4.78 is 10.4. The standard InChI is InChI=1S/C13H13NO4.Na/c1-7-4-8(17-2)5-9-11(18-3)6-10(13(15)16)14-12(7)9;/h4-6H,1-3H3,(H,15,16);/q;+1/p-1. The van der Waals surface area contributed by atoms with Crippen LogP contribution in [0.5, 0.6) is 11.5 Å². The van der Waals surface area contributed by atoms with Gasteiger partial charge in [0.15, 0.2) is 0 Å². The van der Waals surface area contributed by atoms with Crippen LogP contribution in [-0.4, -0.2) is 25.2 Å². The number of ether oxygens (including phenoxy) is 2. The number of benzene rings is 1. The van der Waals surface area contributed by atoms with Gasteiger partial charge in [0.25, 0.3) is 0 Å². The summed E-state index contributed by atoms with van der Waals surface area (Å²) in [7, 11) is 3.04. The van der Waals surface area contributed by atoms with E-state index in [1.165, 1.54) is 13.2 Å². The van der Waals surface area contributed by atoms with Gasteiger partial charge in [-0.3, -0.25) is 0 Å². The maximum atomic E-state index is 10.9. The molecule has 0 aliphatic heterocycles. The molecule has 5 nitrogen and oxygen atoms in total. The van der Waals surface area contributed by atoms with Gasteiger partial charge >= 0.3 is 29.6 Å². The van der Waals surface area contributed by atoms with Gasteiger partial charge in [-0.05, 0) is 24.6 Å². The van der Waals surface area contributed by atoms with Gasteiger partial charge < -0.3 is 19.4 Å². The van der Waals surface area contributed by atoms with Crippen LogP contribution < -0.4 is 44.1 Å². The van der Waals surface area contributed by atoms with Crippen LogP contribution in [0.1, 0.15) is 16.1 Å². The molecule has 0 unspecified atom stereocenters. The summed E-state index contributed by atoms with van der Waals surface area (Å²) >= 11 is 0. The molecule has 0 N–H and O–H groups in total. The average Bonchev–Trinajstić information content (AvgIpc) is 2.37. The number of carbonyl (C=O) groups is 1. The molecule has 0 bridgehead atoms. The van der Waals surface area contributed by atoms with E-state index in [9.17, 15) is 9.90 Å². The molecule has 2 aromatic rings. The zero-order chi connectivity index (χ0) is 13.3. The minimum Gasteiger partial charge on any atom is -0.543 e. The summed E-state index contributed by atoms with van der Waals surface area (Å²) in [6, 6.07) is 4.89. The molecule has 0 saturated heterocycles. The second kappa shape index (κ2) is 6.23. The second-order valence-electron chi connectivity index (χ2n) is 3.84.